The first-order chi connectivity index (χ1) is 11.2. The topological polar surface area (TPSA) is 26.3 Å². The van der Waals surface area contributed by atoms with Gasteiger partial charge >= 0.3 is 5.97 Å². The summed E-state index contributed by atoms with van der Waals surface area (Å²) in [5.41, 5.74) is 3.49. The molecule has 124 valence electrons. The maximum Gasteiger partial charge on any atom is 0.305 e. The zero-order valence-corrected chi connectivity index (χ0v) is 14.2. The first-order valence-electron chi connectivity index (χ1n) is 9.47. The average molecular weight is 312 g/mol. The van der Waals surface area contributed by atoms with Gasteiger partial charge in [-0.15, -0.1) is 0 Å². The number of ether oxygens (including phenoxy) is 1. The Balaban J connectivity index is 1.58. The third-order valence-corrected chi connectivity index (χ3v) is 6.97. The molecule has 0 saturated heterocycles. The number of benzene rings is 1. The van der Waals surface area contributed by atoms with Gasteiger partial charge in [0.25, 0.3) is 0 Å². The predicted molar refractivity (Wildman–Crippen MR) is 91.3 cm³/mol. The first-order valence-corrected chi connectivity index (χ1v) is 9.47. The Morgan fingerprint density at radius 1 is 1.22 bits per heavy atom. The second-order valence-corrected chi connectivity index (χ2v) is 7.92. The van der Waals surface area contributed by atoms with Crippen LogP contribution in [0, 0.1) is 17.3 Å². The van der Waals surface area contributed by atoms with Gasteiger partial charge in [0.05, 0.1) is 6.61 Å². The third kappa shape index (κ3) is 2.51. The second-order valence-electron chi connectivity index (χ2n) is 7.92. The summed E-state index contributed by atoms with van der Waals surface area (Å²) in [4.78, 5) is 11.7. The van der Waals surface area contributed by atoms with Gasteiger partial charge in [-0.3, -0.25) is 4.79 Å². The van der Waals surface area contributed by atoms with Crippen molar-refractivity contribution in [2.24, 2.45) is 17.3 Å². The SMILES string of the molecule is CCC(=O)OC[C@@]12CCC[C@H]1[C@@H]1CCc3ccccc3[C@H]1CC2. The summed E-state index contributed by atoms with van der Waals surface area (Å²) in [7, 11) is 0. The minimum absolute atomic E-state index is 0.0267. The molecule has 4 atom stereocenters. The van der Waals surface area contributed by atoms with Gasteiger partial charge in [-0.2, -0.15) is 0 Å². The number of carbonyl (C=O) groups excluding carboxylic acids is 1. The van der Waals surface area contributed by atoms with Crippen molar-refractivity contribution in [3.63, 3.8) is 0 Å². The third-order valence-electron chi connectivity index (χ3n) is 6.97. The number of hydrogen-bond acceptors (Lipinski definition) is 2. The number of rotatable bonds is 3. The minimum atomic E-state index is -0.0267. The summed E-state index contributed by atoms with van der Waals surface area (Å²) < 4.78 is 5.65. The van der Waals surface area contributed by atoms with Gasteiger partial charge in [-0.1, -0.05) is 37.6 Å². The summed E-state index contributed by atoms with van der Waals surface area (Å²) >= 11 is 0. The van der Waals surface area contributed by atoms with Crippen LogP contribution in [0.15, 0.2) is 24.3 Å². The van der Waals surface area contributed by atoms with E-state index in [2.05, 4.69) is 24.3 Å². The monoisotopic (exact) mass is 312 g/mol. The number of aryl methyl sites for hydroxylation is 1. The highest BCUT2D eigenvalue weighted by atomic mass is 16.5. The van der Waals surface area contributed by atoms with Crippen LogP contribution in [0.3, 0.4) is 0 Å². The van der Waals surface area contributed by atoms with Gasteiger partial charge < -0.3 is 4.74 Å². The molecule has 0 amide bonds. The fourth-order valence-electron chi connectivity index (χ4n) is 5.89. The van der Waals surface area contributed by atoms with Crippen LogP contribution in [-0.4, -0.2) is 12.6 Å². The van der Waals surface area contributed by atoms with E-state index in [0.717, 1.165) is 17.8 Å². The molecule has 1 aromatic rings. The van der Waals surface area contributed by atoms with Gasteiger partial charge in [-0.05, 0) is 67.4 Å². The molecule has 0 heterocycles. The first kappa shape index (κ1) is 15.2. The molecule has 4 rings (SSSR count). The van der Waals surface area contributed by atoms with Crippen molar-refractivity contribution in [3.05, 3.63) is 35.4 Å². The van der Waals surface area contributed by atoms with Crippen molar-refractivity contribution in [2.75, 3.05) is 6.61 Å². The molecule has 2 fully saturated rings. The van der Waals surface area contributed by atoms with Crippen LogP contribution in [0.5, 0.6) is 0 Å². The molecule has 2 nitrogen and oxygen atoms in total. The molecule has 23 heavy (non-hydrogen) atoms. The fourth-order valence-corrected chi connectivity index (χ4v) is 5.89. The van der Waals surface area contributed by atoms with Crippen LogP contribution < -0.4 is 0 Å². The Morgan fingerprint density at radius 2 is 2.09 bits per heavy atom. The molecule has 3 aliphatic carbocycles. The predicted octanol–water partition coefficient (Wildman–Crippen LogP) is 4.87. The van der Waals surface area contributed by atoms with Crippen LogP contribution in [0.2, 0.25) is 0 Å². The van der Waals surface area contributed by atoms with E-state index >= 15 is 0 Å². The molecule has 0 radical (unpaired) electrons. The molecule has 0 spiro atoms. The lowest BCUT2D eigenvalue weighted by atomic mass is 9.55. The van der Waals surface area contributed by atoms with Gasteiger partial charge in [-0.25, -0.2) is 0 Å². The van der Waals surface area contributed by atoms with Crippen molar-refractivity contribution in [2.45, 2.75) is 64.2 Å². The van der Waals surface area contributed by atoms with Crippen LogP contribution in [-0.2, 0) is 16.0 Å². The summed E-state index contributed by atoms with van der Waals surface area (Å²) in [6, 6.07) is 9.09. The van der Waals surface area contributed by atoms with E-state index in [0.29, 0.717) is 13.0 Å². The Bertz CT molecular complexity index is 593. The molecular formula is C21H28O2. The largest absolute Gasteiger partial charge is 0.465 e. The molecule has 0 aromatic heterocycles. The van der Waals surface area contributed by atoms with Crippen molar-refractivity contribution < 1.29 is 9.53 Å². The number of hydrogen-bond donors (Lipinski definition) is 0. The number of carbonyl (C=O) groups is 1. The van der Waals surface area contributed by atoms with E-state index in [1.54, 1.807) is 11.1 Å². The Hall–Kier alpha value is -1.31. The number of esters is 1. The summed E-state index contributed by atoms with van der Waals surface area (Å²) in [6.07, 6.45) is 9.51. The van der Waals surface area contributed by atoms with Gasteiger partial charge in [0, 0.05) is 11.8 Å². The van der Waals surface area contributed by atoms with Gasteiger partial charge in [0.1, 0.15) is 0 Å². The summed E-state index contributed by atoms with van der Waals surface area (Å²) in [5, 5.41) is 0. The van der Waals surface area contributed by atoms with E-state index < -0.39 is 0 Å². The molecule has 2 heteroatoms. The summed E-state index contributed by atoms with van der Waals surface area (Å²) in [6.45, 7) is 2.57. The standard InChI is InChI=1S/C21H28O2/c1-2-20(22)23-14-21-12-5-8-19(21)18-10-9-15-6-3-4-7-16(15)17(18)11-13-21/h3-4,6-7,17-19H,2,5,8-14H2,1H3/t17-,18-,19+,21+/m1/s1. The maximum atomic E-state index is 11.7. The van der Waals surface area contributed by atoms with E-state index in [4.69, 9.17) is 4.74 Å². The highest BCUT2D eigenvalue weighted by molar-refractivity contribution is 5.68. The highest BCUT2D eigenvalue weighted by Crippen LogP contribution is 2.61. The number of fused-ring (bicyclic) bond motifs is 5. The maximum absolute atomic E-state index is 11.7. The van der Waals surface area contributed by atoms with Crippen molar-refractivity contribution in [1.29, 1.82) is 0 Å². The average Bonchev–Trinajstić information content (AvgIpc) is 3.04. The normalized spacial score (nSPS) is 35.1. The van der Waals surface area contributed by atoms with Crippen molar-refractivity contribution in [3.8, 4) is 0 Å². The Kier molecular flexibility index (Phi) is 3.95. The highest BCUT2D eigenvalue weighted by Gasteiger charge is 2.53. The Labute approximate surface area is 139 Å². The van der Waals surface area contributed by atoms with Crippen molar-refractivity contribution >= 4 is 5.97 Å². The lowest BCUT2D eigenvalue weighted by molar-refractivity contribution is -0.150. The van der Waals surface area contributed by atoms with Crippen LogP contribution in [0.25, 0.3) is 0 Å². The van der Waals surface area contributed by atoms with Crippen LogP contribution >= 0.6 is 0 Å². The van der Waals surface area contributed by atoms with E-state index in [1.807, 2.05) is 6.92 Å². The van der Waals surface area contributed by atoms with Crippen LogP contribution in [0.1, 0.15) is 68.9 Å². The quantitative estimate of drug-likeness (QED) is 0.745. The molecule has 3 aliphatic rings. The second kappa shape index (κ2) is 5.96. The minimum Gasteiger partial charge on any atom is -0.465 e. The molecule has 0 bridgehead atoms. The fraction of sp³-hybridized carbons (Fsp3) is 0.667. The van der Waals surface area contributed by atoms with Gasteiger partial charge in [0.2, 0.25) is 0 Å². The van der Waals surface area contributed by atoms with Crippen molar-refractivity contribution in [1.82, 2.24) is 0 Å². The lowest BCUT2D eigenvalue weighted by Gasteiger charge is -2.50. The molecular weight excluding hydrogens is 284 g/mol. The molecule has 1 aromatic carbocycles. The van der Waals surface area contributed by atoms with E-state index in [9.17, 15) is 4.79 Å². The Morgan fingerprint density at radius 3 is 2.96 bits per heavy atom. The molecule has 0 N–H and O–H groups in total. The van der Waals surface area contributed by atoms with Crippen LogP contribution in [0.4, 0.5) is 0 Å². The van der Waals surface area contributed by atoms with E-state index in [-0.39, 0.29) is 11.4 Å². The van der Waals surface area contributed by atoms with Gasteiger partial charge in [0.15, 0.2) is 0 Å². The zero-order chi connectivity index (χ0) is 15.9. The molecule has 2 saturated carbocycles. The zero-order valence-electron chi connectivity index (χ0n) is 14.2. The smallest absolute Gasteiger partial charge is 0.305 e. The molecule has 0 unspecified atom stereocenters. The molecule has 0 aliphatic heterocycles. The van der Waals surface area contributed by atoms with E-state index in [1.165, 1.54) is 44.9 Å². The lowest BCUT2D eigenvalue weighted by Crippen LogP contribution is -2.44. The summed E-state index contributed by atoms with van der Waals surface area (Å²) in [5.74, 6) is 2.29.